The van der Waals surface area contributed by atoms with Gasteiger partial charge in [0.05, 0.1) is 18.9 Å². The van der Waals surface area contributed by atoms with Crippen molar-refractivity contribution >= 4 is 11.8 Å². The molecule has 0 radical (unpaired) electrons. The second-order valence-electron chi connectivity index (χ2n) is 8.18. The van der Waals surface area contributed by atoms with Crippen LogP contribution in [0.2, 0.25) is 0 Å². The lowest BCUT2D eigenvalue weighted by Crippen LogP contribution is -2.44. The number of rotatable bonds is 6. The molecular formula is C23H20F3N3O4. The Balaban J connectivity index is 1.48. The standard InChI is InChI=1S/C23H20F3N3O4/c1-23(11-32-12-23)13-33-22(31)27-15-4-2-3-14(7-15)8-19-20(30)5-6-29(28-19)16-9-17(24)21(26)18(25)10-16/h2-7,9-10H,8,11-13H2,1H3,(H,27,31). The summed E-state index contributed by atoms with van der Waals surface area (Å²) in [5.74, 6) is -4.31. The van der Waals surface area contributed by atoms with Crippen molar-refractivity contribution in [2.45, 2.75) is 13.3 Å². The molecule has 2 heterocycles. The molecule has 2 aromatic carbocycles. The number of hydrogen-bond donors (Lipinski definition) is 1. The van der Waals surface area contributed by atoms with Crippen LogP contribution < -0.4 is 10.7 Å². The second-order valence-corrected chi connectivity index (χ2v) is 8.18. The van der Waals surface area contributed by atoms with Gasteiger partial charge in [-0.25, -0.2) is 22.6 Å². The lowest BCUT2D eigenvalue weighted by Gasteiger charge is -2.37. The lowest BCUT2D eigenvalue weighted by molar-refractivity contribution is -0.125. The number of ether oxygens (including phenoxy) is 2. The van der Waals surface area contributed by atoms with Gasteiger partial charge in [0.1, 0.15) is 12.3 Å². The van der Waals surface area contributed by atoms with E-state index >= 15 is 0 Å². The van der Waals surface area contributed by atoms with Crippen LogP contribution in [0, 0.1) is 22.9 Å². The molecule has 33 heavy (non-hydrogen) atoms. The molecule has 4 rings (SSSR count). The fourth-order valence-corrected chi connectivity index (χ4v) is 3.27. The molecule has 1 saturated heterocycles. The average molecular weight is 459 g/mol. The van der Waals surface area contributed by atoms with E-state index in [-0.39, 0.29) is 35.3 Å². The van der Waals surface area contributed by atoms with Crippen LogP contribution in [0.1, 0.15) is 18.2 Å². The summed E-state index contributed by atoms with van der Waals surface area (Å²) in [5.41, 5.74) is 0.589. The molecule has 10 heteroatoms. The smallest absolute Gasteiger partial charge is 0.411 e. The summed E-state index contributed by atoms with van der Waals surface area (Å²) in [4.78, 5) is 24.4. The third kappa shape index (κ3) is 5.23. The monoisotopic (exact) mass is 459 g/mol. The van der Waals surface area contributed by atoms with E-state index in [0.29, 0.717) is 24.5 Å². The maximum atomic E-state index is 13.6. The number of nitrogens with one attached hydrogen (secondary N) is 1. The summed E-state index contributed by atoms with van der Waals surface area (Å²) in [7, 11) is 0. The molecule has 1 aliphatic rings. The van der Waals surface area contributed by atoms with Gasteiger partial charge in [0.15, 0.2) is 17.5 Å². The number of carbonyl (C=O) groups is 1. The third-order valence-corrected chi connectivity index (χ3v) is 5.11. The van der Waals surface area contributed by atoms with E-state index in [0.717, 1.165) is 16.8 Å². The van der Waals surface area contributed by atoms with E-state index in [1.54, 1.807) is 24.3 Å². The fourth-order valence-electron chi connectivity index (χ4n) is 3.27. The zero-order chi connectivity index (χ0) is 23.6. The molecule has 3 aromatic rings. The van der Waals surface area contributed by atoms with Crippen LogP contribution in [-0.4, -0.2) is 35.7 Å². The zero-order valence-corrected chi connectivity index (χ0v) is 17.6. The molecule has 0 unspecified atom stereocenters. The number of halogens is 3. The van der Waals surface area contributed by atoms with Gasteiger partial charge in [-0.05, 0) is 17.7 Å². The lowest BCUT2D eigenvalue weighted by atomic mass is 9.90. The number of benzene rings is 2. The predicted octanol–water partition coefficient (Wildman–Crippen LogP) is 3.83. The van der Waals surface area contributed by atoms with Gasteiger partial charge in [0.2, 0.25) is 5.43 Å². The SMILES string of the molecule is CC1(COC(=O)Nc2cccc(Cc3nn(-c4cc(F)c(F)c(F)c4)ccc3=O)c2)COC1. The van der Waals surface area contributed by atoms with E-state index in [1.807, 2.05) is 6.92 Å². The minimum absolute atomic E-state index is 0.0728. The Hall–Kier alpha value is -3.66. The van der Waals surface area contributed by atoms with Crippen molar-refractivity contribution in [3.63, 3.8) is 0 Å². The quantitative estimate of drug-likeness (QED) is 0.567. The van der Waals surface area contributed by atoms with Gasteiger partial charge in [0.25, 0.3) is 0 Å². The maximum absolute atomic E-state index is 13.6. The summed E-state index contributed by atoms with van der Waals surface area (Å²) < 4.78 is 51.8. The van der Waals surface area contributed by atoms with Gasteiger partial charge in [-0.3, -0.25) is 10.1 Å². The number of aromatic nitrogens is 2. The van der Waals surface area contributed by atoms with Crippen molar-refractivity contribution in [2.24, 2.45) is 5.41 Å². The minimum atomic E-state index is -1.59. The maximum Gasteiger partial charge on any atom is 0.411 e. The van der Waals surface area contributed by atoms with Crippen LogP contribution in [0.4, 0.5) is 23.7 Å². The molecule has 1 amide bonds. The summed E-state index contributed by atoms with van der Waals surface area (Å²) in [5, 5.41) is 6.77. The van der Waals surface area contributed by atoms with Gasteiger partial charge in [-0.2, -0.15) is 5.10 Å². The van der Waals surface area contributed by atoms with Crippen molar-refractivity contribution in [3.8, 4) is 5.69 Å². The van der Waals surface area contributed by atoms with Crippen molar-refractivity contribution in [1.29, 1.82) is 0 Å². The molecule has 0 saturated carbocycles. The Labute approximate surface area is 186 Å². The van der Waals surface area contributed by atoms with Gasteiger partial charge in [-0.1, -0.05) is 19.1 Å². The Morgan fingerprint density at radius 3 is 2.58 bits per heavy atom. The van der Waals surface area contributed by atoms with Gasteiger partial charge >= 0.3 is 6.09 Å². The summed E-state index contributed by atoms with van der Waals surface area (Å²) in [6, 6.07) is 9.52. The highest BCUT2D eigenvalue weighted by Crippen LogP contribution is 2.26. The highest BCUT2D eigenvalue weighted by molar-refractivity contribution is 5.84. The zero-order valence-electron chi connectivity index (χ0n) is 17.6. The van der Waals surface area contributed by atoms with Crippen molar-refractivity contribution < 1.29 is 27.4 Å². The van der Waals surface area contributed by atoms with Crippen LogP contribution >= 0.6 is 0 Å². The summed E-state index contributed by atoms with van der Waals surface area (Å²) in [6.45, 7) is 3.26. The van der Waals surface area contributed by atoms with Crippen LogP contribution in [0.25, 0.3) is 5.69 Å². The van der Waals surface area contributed by atoms with Crippen LogP contribution in [0.5, 0.6) is 0 Å². The first-order valence-electron chi connectivity index (χ1n) is 10.1. The molecule has 1 N–H and O–H groups in total. The highest BCUT2D eigenvalue weighted by atomic mass is 19.2. The molecule has 0 spiro atoms. The molecule has 0 atom stereocenters. The number of amides is 1. The van der Waals surface area contributed by atoms with E-state index in [9.17, 15) is 22.8 Å². The fraction of sp³-hybridized carbons (Fsp3) is 0.261. The van der Waals surface area contributed by atoms with Gasteiger partial charge in [-0.15, -0.1) is 0 Å². The molecule has 0 aliphatic carbocycles. The number of hydrogen-bond acceptors (Lipinski definition) is 5. The van der Waals surface area contributed by atoms with Gasteiger partial charge < -0.3 is 9.47 Å². The third-order valence-electron chi connectivity index (χ3n) is 5.11. The number of anilines is 1. The minimum Gasteiger partial charge on any atom is -0.449 e. The van der Waals surface area contributed by atoms with Crippen LogP contribution in [0.15, 0.2) is 53.5 Å². The highest BCUT2D eigenvalue weighted by Gasteiger charge is 2.34. The molecular weight excluding hydrogens is 439 g/mol. The van der Waals surface area contributed by atoms with Crippen molar-refractivity contribution in [1.82, 2.24) is 9.78 Å². The van der Waals surface area contributed by atoms with Crippen molar-refractivity contribution in [2.75, 3.05) is 25.1 Å². The Morgan fingerprint density at radius 2 is 1.91 bits per heavy atom. The van der Waals surface area contributed by atoms with Crippen LogP contribution in [0.3, 0.4) is 0 Å². The number of carbonyl (C=O) groups excluding carboxylic acids is 1. The van der Waals surface area contributed by atoms with Crippen molar-refractivity contribution in [3.05, 3.63) is 87.6 Å². The predicted molar refractivity (Wildman–Crippen MR) is 113 cm³/mol. The van der Waals surface area contributed by atoms with E-state index in [4.69, 9.17) is 9.47 Å². The first-order chi connectivity index (χ1) is 15.7. The topological polar surface area (TPSA) is 82.5 Å². The Bertz CT molecular complexity index is 1230. The first kappa shape index (κ1) is 22.5. The van der Waals surface area contributed by atoms with E-state index in [2.05, 4.69) is 10.4 Å². The molecule has 172 valence electrons. The first-order valence-corrected chi connectivity index (χ1v) is 10.1. The summed E-state index contributed by atoms with van der Waals surface area (Å²) in [6.07, 6.45) is 0.714. The van der Waals surface area contributed by atoms with E-state index in [1.165, 1.54) is 12.3 Å². The largest absolute Gasteiger partial charge is 0.449 e. The normalized spacial score (nSPS) is 14.4. The second kappa shape index (κ2) is 9.07. The van der Waals surface area contributed by atoms with Gasteiger partial charge in [0, 0.05) is 41.9 Å². The molecule has 0 bridgehead atoms. The Morgan fingerprint density at radius 1 is 1.18 bits per heavy atom. The molecule has 7 nitrogen and oxygen atoms in total. The number of nitrogens with zero attached hydrogens (tertiary/aromatic N) is 2. The molecule has 1 fully saturated rings. The summed E-state index contributed by atoms with van der Waals surface area (Å²) >= 11 is 0. The van der Waals surface area contributed by atoms with E-state index < -0.39 is 23.5 Å². The Kier molecular flexibility index (Phi) is 6.19. The van der Waals surface area contributed by atoms with Crippen LogP contribution in [-0.2, 0) is 15.9 Å². The molecule has 1 aliphatic heterocycles. The molecule has 1 aromatic heterocycles. The average Bonchev–Trinajstić information content (AvgIpc) is 2.76.